The Morgan fingerprint density at radius 1 is 1.37 bits per heavy atom. The van der Waals surface area contributed by atoms with Crippen molar-refractivity contribution in [1.29, 1.82) is 0 Å². The number of hydrogen-bond donors (Lipinski definition) is 0. The molecule has 2 rings (SSSR count). The largest absolute Gasteiger partial charge is 0.515 e. The summed E-state index contributed by atoms with van der Waals surface area (Å²) in [5.41, 5.74) is 1.13. The van der Waals surface area contributed by atoms with Gasteiger partial charge in [-0.3, -0.25) is 0 Å². The fourth-order valence-corrected chi connectivity index (χ4v) is 2.00. The van der Waals surface area contributed by atoms with E-state index in [2.05, 4.69) is 4.98 Å². The van der Waals surface area contributed by atoms with E-state index in [9.17, 15) is 4.79 Å². The number of rotatable bonds is 2. The maximum absolute atomic E-state index is 11.3. The van der Waals surface area contributed by atoms with Crippen LogP contribution in [0.5, 0.6) is 5.88 Å². The van der Waals surface area contributed by atoms with Crippen LogP contribution in [-0.4, -0.2) is 17.7 Å². The van der Waals surface area contributed by atoms with Gasteiger partial charge in [-0.1, -0.05) is 23.2 Å². The molecule has 0 aliphatic carbocycles. The van der Waals surface area contributed by atoms with E-state index in [1.807, 2.05) is 0 Å². The Bertz CT molecular complexity index is 643. The van der Waals surface area contributed by atoms with Crippen molar-refractivity contribution in [2.75, 3.05) is 6.61 Å². The zero-order valence-corrected chi connectivity index (χ0v) is 11.9. The number of halogens is 2. The summed E-state index contributed by atoms with van der Waals surface area (Å²) < 4.78 is 9.72. The van der Waals surface area contributed by atoms with Crippen LogP contribution in [0, 0.1) is 6.92 Å². The van der Waals surface area contributed by atoms with Gasteiger partial charge in [0.15, 0.2) is 0 Å². The lowest BCUT2D eigenvalue weighted by atomic mass is 10.1. The van der Waals surface area contributed by atoms with Crippen molar-refractivity contribution < 1.29 is 14.3 Å². The van der Waals surface area contributed by atoms with Crippen molar-refractivity contribution in [2.45, 2.75) is 13.8 Å². The number of carbonyl (C=O) groups excluding carboxylic acids is 1. The van der Waals surface area contributed by atoms with E-state index in [0.29, 0.717) is 21.1 Å². The minimum absolute atomic E-state index is 0.123. The summed E-state index contributed by atoms with van der Waals surface area (Å²) in [5, 5.41) is 1.75. The van der Waals surface area contributed by atoms with Crippen LogP contribution in [0.15, 0.2) is 18.2 Å². The van der Waals surface area contributed by atoms with E-state index in [4.69, 9.17) is 32.7 Å². The van der Waals surface area contributed by atoms with E-state index in [0.717, 1.165) is 5.39 Å². The van der Waals surface area contributed by atoms with Crippen LogP contribution in [0.4, 0.5) is 4.79 Å². The molecule has 0 saturated heterocycles. The molecule has 0 N–H and O–H groups in total. The molecular weight excluding hydrogens is 289 g/mol. The fourth-order valence-electron chi connectivity index (χ4n) is 1.60. The molecule has 4 nitrogen and oxygen atoms in total. The van der Waals surface area contributed by atoms with Gasteiger partial charge in [0, 0.05) is 16.0 Å². The molecule has 0 fully saturated rings. The van der Waals surface area contributed by atoms with Crippen molar-refractivity contribution >= 4 is 40.3 Å². The van der Waals surface area contributed by atoms with Crippen LogP contribution in [0.2, 0.25) is 10.0 Å². The van der Waals surface area contributed by atoms with Gasteiger partial charge in [-0.25, -0.2) is 9.78 Å². The van der Waals surface area contributed by atoms with Gasteiger partial charge in [-0.15, -0.1) is 0 Å². The molecule has 6 heteroatoms. The SMILES string of the molecule is CCOC(=O)Oc1nc2cc(Cl)ccc2c(Cl)c1C. The number of ether oxygens (including phenoxy) is 2. The molecule has 100 valence electrons. The van der Waals surface area contributed by atoms with Gasteiger partial charge in [0.1, 0.15) is 0 Å². The standard InChI is InChI=1S/C13H11Cl2NO3/c1-3-18-13(17)19-12-7(2)11(15)9-5-4-8(14)6-10(9)16-12/h4-6H,3H2,1-2H3. The van der Waals surface area contributed by atoms with Crippen LogP contribution in [0.25, 0.3) is 10.9 Å². The van der Waals surface area contributed by atoms with E-state index in [1.54, 1.807) is 32.0 Å². The number of fused-ring (bicyclic) bond motifs is 1. The predicted octanol–water partition coefficient (Wildman–Crippen LogP) is 4.39. The molecule has 0 aliphatic heterocycles. The zero-order chi connectivity index (χ0) is 14.0. The maximum atomic E-state index is 11.3. The van der Waals surface area contributed by atoms with Gasteiger partial charge in [0.2, 0.25) is 5.88 Å². The van der Waals surface area contributed by atoms with E-state index in [1.165, 1.54) is 0 Å². The van der Waals surface area contributed by atoms with E-state index >= 15 is 0 Å². The topological polar surface area (TPSA) is 48.4 Å². The van der Waals surface area contributed by atoms with Gasteiger partial charge in [0.25, 0.3) is 0 Å². The maximum Gasteiger partial charge on any atom is 0.515 e. The number of carbonyl (C=O) groups is 1. The van der Waals surface area contributed by atoms with Crippen LogP contribution < -0.4 is 4.74 Å². The highest BCUT2D eigenvalue weighted by molar-refractivity contribution is 6.37. The summed E-state index contributed by atoms with van der Waals surface area (Å²) in [6.45, 7) is 3.64. The third-order valence-electron chi connectivity index (χ3n) is 2.51. The van der Waals surface area contributed by atoms with Crippen LogP contribution >= 0.6 is 23.2 Å². The second-order valence-electron chi connectivity index (χ2n) is 3.80. The second kappa shape index (κ2) is 5.63. The third kappa shape index (κ3) is 2.91. The molecular formula is C13H11Cl2NO3. The summed E-state index contributed by atoms with van der Waals surface area (Å²) in [6.07, 6.45) is -0.810. The predicted molar refractivity (Wildman–Crippen MR) is 74.2 cm³/mol. The van der Waals surface area contributed by atoms with Gasteiger partial charge in [0.05, 0.1) is 17.1 Å². The molecule has 0 amide bonds. The smallest absolute Gasteiger partial charge is 0.434 e. The Labute approximate surface area is 120 Å². The average Bonchev–Trinajstić information content (AvgIpc) is 2.35. The molecule has 0 spiro atoms. The number of benzene rings is 1. The van der Waals surface area contributed by atoms with Crippen molar-refractivity contribution in [3.05, 3.63) is 33.8 Å². The van der Waals surface area contributed by atoms with Gasteiger partial charge in [-0.2, -0.15) is 0 Å². The Kier molecular flexibility index (Phi) is 4.12. The van der Waals surface area contributed by atoms with Crippen molar-refractivity contribution in [3.8, 4) is 5.88 Å². The van der Waals surface area contributed by atoms with Crippen molar-refractivity contribution in [2.24, 2.45) is 0 Å². The first kappa shape index (κ1) is 13.9. The van der Waals surface area contributed by atoms with Gasteiger partial charge in [-0.05, 0) is 32.0 Å². The Morgan fingerprint density at radius 2 is 2.11 bits per heavy atom. The van der Waals surface area contributed by atoms with Crippen LogP contribution in [0.3, 0.4) is 0 Å². The minimum Gasteiger partial charge on any atom is -0.434 e. The number of pyridine rings is 1. The first-order chi connectivity index (χ1) is 9.02. The molecule has 2 aromatic rings. The van der Waals surface area contributed by atoms with E-state index in [-0.39, 0.29) is 12.5 Å². The minimum atomic E-state index is -0.810. The summed E-state index contributed by atoms with van der Waals surface area (Å²) in [6, 6.07) is 5.15. The highest BCUT2D eigenvalue weighted by atomic mass is 35.5. The first-order valence-corrected chi connectivity index (χ1v) is 6.38. The number of aromatic nitrogens is 1. The van der Waals surface area contributed by atoms with Gasteiger partial charge >= 0.3 is 6.16 Å². The molecule has 0 saturated carbocycles. The summed E-state index contributed by atoms with van der Waals surface area (Å²) >= 11 is 12.1. The second-order valence-corrected chi connectivity index (χ2v) is 4.62. The average molecular weight is 300 g/mol. The Morgan fingerprint density at radius 3 is 2.79 bits per heavy atom. The highest BCUT2D eigenvalue weighted by Crippen LogP contribution is 2.32. The molecule has 1 aromatic carbocycles. The fraction of sp³-hybridized carbons (Fsp3) is 0.231. The molecule has 0 atom stereocenters. The van der Waals surface area contributed by atoms with Gasteiger partial charge < -0.3 is 9.47 Å². The van der Waals surface area contributed by atoms with E-state index < -0.39 is 6.16 Å². The zero-order valence-electron chi connectivity index (χ0n) is 10.4. The lowest BCUT2D eigenvalue weighted by Crippen LogP contribution is -2.12. The monoisotopic (exact) mass is 299 g/mol. The van der Waals surface area contributed by atoms with Crippen molar-refractivity contribution in [1.82, 2.24) is 4.98 Å². The molecule has 1 aromatic heterocycles. The highest BCUT2D eigenvalue weighted by Gasteiger charge is 2.15. The Hall–Kier alpha value is -1.52. The molecule has 0 radical (unpaired) electrons. The van der Waals surface area contributed by atoms with Crippen LogP contribution in [0.1, 0.15) is 12.5 Å². The summed E-state index contributed by atoms with van der Waals surface area (Å²) in [5.74, 6) is 0.123. The molecule has 19 heavy (non-hydrogen) atoms. The summed E-state index contributed by atoms with van der Waals surface area (Å²) in [4.78, 5) is 15.6. The molecule has 1 heterocycles. The third-order valence-corrected chi connectivity index (χ3v) is 3.23. The lowest BCUT2D eigenvalue weighted by Gasteiger charge is -2.10. The van der Waals surface area contributed by atoms with Crippen LogP contribution in [-0.2, 0) is 4.74 Å². The molecule has 0 unspecified atom stereocenters. The quantitative estimate of drug-likeness (QED) is 0.772. The molecule has 0 aliphatic rings. The Balaban J connectivity index is 2.50. The summed E-state index contributed by atoms with van der Waals surface area (Å²) in [7, 11) is 0. The number of hydrogen-bond acceptors (Lipinski definition) is 4. The van der Waals surface area contributed by atoms with Crippen molar-refractivity contribution in [3.63, 3.8) is 0 Å². The molecule has 0 bridgehead atoms. The lowest BCUT2D eigenvalue weighted by molar-refractivity contribution is 0.102. The normalized spacial score (nSPS) is 10.5. The number of nitrogens with zero attached hydrogens (tertiary/aromatic N) is 1. The first-order valence-electron chi connectivity index (χ1n) is 5.63.